The predicted molar refractivity (Wildman–Crippen MR) is 207 cm³/mol. The lowest BCUT2D eigenvalue weighted by molar-refractivity contribution is 0.298. The molecule has 5 atom stereocenters. The molecule has 0 bridgehead atoms. The number of hydrogen-bond donors (Lipinski definition) is 1. The van der Waals surface area contributed by atoms with Crippen molar-refractivity contribution in [2.75, 3.05) is 0 Å². The van der Waals surface area contributed by atoms with Gasteiger partial charge in [-0.1, -0.05) is 104 Å². The van der Waals surface area contributed by atoms with Crippen LogP contribution in [0, 0.1) is 5.16 Å². The van der Waals surface area contributed by atoms with Crippen LogP contribution in [0.4, 0.5) is 0 Å². The second-order valence-electron chi connectivity index (χ2n) is 12.9. The van der Waals surface area contributed by atoms with E-state index in [9.17, 15) is 9.73 Å². The van der Waals surface area contributed by atoms with Gasteiger partial charge in [0.2, 0.25) is 0 Å². The van der Waals surface area contributed by atoms with Crippen LogP contribution >= 0.6 is 25.9 Å². The van der Waals surface area contributed by atoms with Gasteiger partial charge >= 0.3 is 14.5 Å². The highest BCUT2D eigenvalue weighted by Gasteiger charge is 2.41. The van der Waals surface area contributed by atoms with Crippen molar-refractivity contribution in [2.45, 2.75) is 110 Å². The zero-order valence-electron chi connectivity index (χ0n) is 30.2. The number of rotatable bonds is 18. The van der Waals surface area contributed by atoms with Gasteiger partial charge in [0.15, 0.2) is 0 Å². The van der Waals surface area contributed by atoms with Crippen molar-refractivity contribution in [3.05, 3.63) is 119 Å². The van der Waals surface area contributed by atoms with E-state index >= 15 is 0 Å². The van der Waals surface area contributed by atoms with Crippen LogP contribution in [-0.4, -0.2) is 0 Å². The Balaban J connectivity index is 1.73. The zero-order valence-corrected chi connectivity index (χ0v) is 32.8. The van der Waals surface area contributed by atoms with E-state index in [-0.39, 0.29) is 0 Å². The molecule has 0 saturated carbocycles. The highest BCUT2D eigenvalue weighted by Crippen LogP contribution is 2.72. The SMILES string of the molecule is CCC(C)c1ccc(OP(=N)(OP(=O)(Oc2ccc(C(C)CC)cc2)Oc2ccc(C(C)CC)cc2)Sc2ccc(C(C)CC)cc2)cc1. The lowest BCUT2D eigenvalue weighted by atomic mass is 9.99. The van der Waals surface area contributed by atoms with E-state index in [0.717, 1.165) is 53.1 Å². The molecule has 4 aromatic carbocycles. The van der Waals surface area contributed by atoms with Gasteiger partial charge in [0, 0.05) is 4.90 Å². The Bertz CT molecular complexity index is 1450. The molecule has 0 aliphatic rings. The van der Waals surface area contributed by atoms with Gasteiger partial charge in [-0.05, 0) is 132 Å². The van der Waals surface area contributed by atoms with Gasteiger partial charge in [-0.25, -0.2) is 9.73 Å². The highest BCUT2D eigenvalue weighted by molar-refractivity contribution is 8.56. The Hall–Kier alpha value is -2.95. The van der Waals surface area contributed by atoms with Crippen molar-refractivity contribution in [2.24, 2.45) is 0 Å². The smallest absolute Gasteiger partial charge is 0.431 e. The van der Waals surface area contributed by atoms with Crippen molar-refractivity contribution in [3.8, 4) is 17.2 Å². The maximum atomic E-state index is 14.8. The normalized spacial score (nSPS) is 16.4. The molecule has 0 saturated heterocycles. The summed E-state index contributed by atoms with van der Waals surface area (Å²) in [6.07, 6.45) is 4.02. The maximum Gasteiger partial charge on any atom is 0.595 e. The molecule has 5 unspecified atom stereocenters. The minimum atomic E-state index is -4.49. The Labute approximate surface area is 298 Å². The average Bonchev–Trinajstić information content (AvgIpc) is 3.11. The minimum absolute atomic E-state index is 0.318. The molecule has 0 amide bonds. The summed E-state index contributed by atoms with van der Waals surface area (Å²) >= 11 is 1.10. The molecule has 0 heterocycles. The molecule has 0 spiro atoms. The van der Waals surface area contributed by atoms with Crippen LogP contribution in [0.3, 0.4) is 0 Å². The molecule has 6 nitrogen and oxygen atoms in total. The molecule has 0 aliphatic heterocycles. The van der Waals surface area contributed by atoms with Crippen LogP contribution in [-0.2, 0) is 8.88 Å². The first kappa shape index (κ1) is 38.8. The molecule has 49 heavy (non-hydrogen) atoms. The summed E-state index contributed by atoms with van der Waals surface area (Å²) < 4.78 is 39.6. The standard InChI is InChI=1S/C40H53NO5P2S/c1-9-29(5)33-13-21-37(22-14-33)43-47(41,49-40-27-19-36(20-28-40)32(8)12-4)46-48(42,44-38-23-15-34(16-24-38)30(6)10-2)45-39-25-17-35(18-26-39)31(7)11-3/h13-32,41H,9-12H2,1-8H3. The molecule has 4 aromatic rings. The summed E-state index contributed by atoms with van der Waals surface area (Å²) in [6, 6.07) is 30.7. The van der Waals surface area contributed by atoms with Crippen molar-refractivity contribution in [1.82, 2.24) is 0 Å². The summed E-state index contributed by atoms with van der Waals surface area (Å²) in [6.45, 7) is 13.5. The molecule has 4 rings (SSSR count). The van der Waals surface area contributed by atoms with Crippen LogP contribution in [0.15, 0.2) is 102 Å². The number of hydrogen-bond acceptors (Lipinski definition) is 7. The first-order valence-electron chi connectivity index (χ1n) is 17.5. The monoisotopic (exact) mass is 721 g/mol. The minimum Gasteiger partial charge on any atom is -0.431 e. The molecule has 0 aliphatic carbocycles. The van der Waals surface area contributed by atoms with E-state index in [4.69, 9.17) is 17.9 Å². The summed E-state index contributed by atoms with van der Waals surface area (Å²) in [5.41, 5.74) is 4.68. The predicted octanol–water partition coefficient (Wildman–Crippen LogP) is 14.7. The van der Waals surface area contributed by atoms with Gasteiger partial charge in [0.05, 0.1) is 0 Å². The third-order valence-electron chi connectivity index (χ3n) is 9.34. The van der Waals surface area contributed by atoms with Crippen LogP contribution < -0.4 is 13.6 Å². The van der Waals surface area contributed by atoms with Crippen LogP contribution in [0.25, 0.3) is 0 Å². The van der Waals surface area contributed by atoms with Crippen LogP contribution in [0.2, 0.25) is 0 Å². The van der Waals surface area contributed by atoms with Crippen molar-refractivity contribution < 1.29 is 22.4 Å². The van der Waals surface area contributed by atoms with Crippen molar-refractivity contribution in [1.29, 1.82) is 5.16 Å². The Kier molecular flexibility index (Phi) is 14.1. The molecule has 264 valence electrons. The van der Waals surface area contributed by atoms with E-state index in [0.29, 0.717) is 40.9 Å². The summed E-state index contributed by atoms with van der Waals surface area (Å²) in [5.74, 6) is 2.62. The fourth-order valence-electron chi connectivity index (χ4n) is 5.14. The van der Waals surface area contributed by atoms with Gasteiger partial charge < -0.3 is 13.6 Å². The third kappa shape index (κ3) is 11.0. The average molecular weight is 722 g/mol. The molecule has 0 fully saturated rings. The van der Waals surface area contributed by atoms with E-state index in [1.54, 1.807) is 24.3 Å². The molecular formula is C40H53NO5P2S. The van der Waals surface area contributed by atoms with E-state index in [2.05, 4.69) is 67.5 Å². The van der Waals surface area contributed by atoms with Gasteiger partial charge in [-0.3, -0.25) is 0 Å². The van der Waals surface area contributed by atoms with Gasteiger partial charge in [0.1, 0.15) is 17.2 Å². The quantitative estimate of drug-likeness (QED) is 0.103. The highest BCUT2D eigenvalue weighted by atomic mass is 32.7. The van der Waals surface area contributed by atoms with Crippen LogP contribution in [0.1, 0.15) is 127 Å². The first-order valence-corrected chi connectivity index (χ1v) is 22.0. The Morgan fingerprint density at radius 1 is 0.510 bits per heavy atom. The molecule has 9 heteroatoms. The molecular weight excluding hydrogens is 668 g/mol. The van der Waals surface area contributed by atoms with Crippen LogP contribution in [0.5, 0.6) is 17.2 Å². The summed E-state index contributed by atoms with van der Waals surface area (Å²) in [7, 11) is -4.49. The Morgan fingerprint density at radius 2 is 0.796 bits per heavy atom. The fraction of sp³-hybridized carbons (Fsp3) is 0.400. The maximum absolute atomic E-state index is 14.8. The largest absolute Gasteiger partial charge is 0.595 e. The number of phosphoric acid groups is 1. The number of benzene rings is 4. The van der Waals surface area contributed by atoms with Gasteiger partial charge in [-0.2, -0.15) is 4.31 Å². The van der Waals surface area contributed by atoms with E-state index in [1.165, 1.54) is 11.1 Å². The first-order chi connectivity index (χ1) is 23.4. The topological polar surface area (TPSA) is 77.8 Å². The van der Waals surface area contributed by atoms with E-state index < -0.39 is 14.5 Å². The van der Waals surface area contributed by atoms with Gasteiger partial charge in [0.25, 0.3) is 0 Å². The second kappa shape index (κ2) is 17.8. The lowest BCUT2D eigenvalue weighted by Crippen LogP contribution is -2.06. The Morgan fingerprint density at radius 3 is 1.10 bits per heavy atom. The zero-order chi connectivity index (χ0) is 35.6. The third-order valence-corrected chi connectivity index (χ3v) is 15.2. The van der Waals surface area contributed by atoms with Gasteiger partial charge in [-0.15, -0.1) is 0 Å². The number of phosphoric ester groups is 1. The van der Waals surface area contributed by atoms with Crippen molar-refractivity contribution >= 4 is 25.9 Å². The fourth-order valence-corrected chi connectivity index (χ4v) is 11.1. The molecule has 0 radical (unpaired) electrons. The number of nitrogens with one attached hydrogen (secondary N) is 1. The lowest BCUT2D eigenvalue weighted by Gasteiger charge is -2.26. The van der Waals surface area contributed by atoms with Crippen molar-refractivity contribution in [3.63, 3.8) is 0 Å². The summed E-state index contributed by atoms with van der Waals surface area (Å²) in [5, 5.41) is 9.66. The molecule has 0 aromatic heterocycles. The second-order valence-corrected chi connectivity index (χ2v) is 18.6. The molecule has 1 N–H and O–H groups in total. The van der Waals surface area contributed by atoms with E-state index in [1.807, 2.05) is 60.7 Å². The summed E-state index contributed by atoms with van der Waals surface area (Å²) in [4.78, 5) is 0.758.